The first-order chi connectivity index (χ1) is 12.2. The predicted molar refractivity (Wildman–Crippen MR) is 102 cm³/mol. The van der Waals surface area contributed by atoms with Crippen LogP contribution in [-0.4, -0.2) is 27.7 Å². The van der Waals surface area contributed by atoms with E-state index >= 15 is 0 Å². The zero-order valence-electron chi connectivity index (χ0n) is 16.2. The highest BCUT2D eigenvalue weighted by atomic mass is 16.3. The number of nitrogens with zero attached hydrogens (tertiary/aromatic N) is 1. The molecule has 3 rings (SSSR count). The topological polar surface area (TPSA) is 57.6 Å². The van der Waals surface area contributed by atoms with Crippen LogP contribution in [0, 0.1) is 12.3 Å². The number of amides is 1. The average molecular weight is 355 g/mol. The lowest BCUT2D eigenvalue weighted by atomic mass is 9.81. The van der Waals surface area contributed by atoms with Gasteiger partial charge >= 0.3 is 0 Å². The van der Waals surface area contributed by atoms with Crippen LogP contribution in [-0.2, 0) is 9.59 Å². The Morgan fingerprint density at radius 1 is 1.15 bits per heavy atom. The molecule has 0 aromatic heterocycles. The Kier molecular flexibility index (Phi) is 4.96. The van der Waals surface area contributed by atoms with Gasteiger partial charge in [0, 0.05) is 11.5 Å². The van der Waals surface area contributed by atoms with Crippen LogP contribution in [0.1, 0.15) is 70.0 Å². The van der Waals surface area contributed by atoms with E-state index in [0.717, 1.165) is 36.8 Å². The number of aliphatic hydroxyl groups excluding tert-OH is 1. The van der Waals surface area contributed by atoms with Crippen LogP contribution >= 0.6 is 0 Å². The number of hydrogen-bond donors (Lipinski definition) is 1. The van der Waals surface area contributed by atoms with Gasteiger partial charge in [0.25, 0.3) is 5.91 Å². The monoisotopic (exact) mass is 355 g/mol. The fourth-order valence-electron chi connectivity index (χ4n) is 4.16. The molecule has 0 bridgehead atoms. The Bertz CT molecular complexity index is 751. The summed E-state index contributed by atoms with van der Waals surface area (Å²) >= 11 is 0. The van der Waals surface area contributed by atoms with Crippen molar-refractivity contribution in [3.8, 4) is 0 Å². The van der Waals surface area contributed by atoms with Crippen molar-refractivity contribution in [3.05, 3.63) is 46.7 Å². The fraction of sp³-hybridized carbons (Fsp3) is 0.545. The van der Waals surface area contributed by atoms with Crippen LogP contribution in [0.4, 0.5) is 0 Å². The molecule has 140 valence electrons. The second-order valence-corrected chi connectivity index (χ2v) is 8.66. The summed E-state index contributed by atoms with van der Waals surface area (Å²) in [6.45, 7) is 7.49. The number of benzene rings is 1. The van der Waals surface area contributed by atoms with E-state index in [2.05, 4.69) is 0 Å². The average Bonchev–Trinajstić information content (AvgIpc) is 2.86. The van der Waals surface area contributed by atoms with Crippen LogP contribution in [0.25, 0.3) is 0 Å². The van der Waals surface area contributed by atoms with Crippen molar-refractivity contribution in [2.45, 2.75) is 71.9 Å². The van der Waals surface area contributed by atoms with Gasteiger partial charge in [0.2, 0.25) is 0 Å². The van der Waals surface area contributed by atoms with Crippen molar-refractivity contribution in [2.75, 3.05) is 0 Å². The Hall–Kier alpha value is -2.10. The lowest BCUT2D eigenvalue weighted by Crippen LogP contribution is -2.41. The summed E-state index contributed by atoms with van der Waals surface area (Å²) in [6.07, 6.45) is 5.20. The molecule has 1 aromatic rings. The zero-order chi connectivity index (χ0) is 19.1. The number of carbonyl (C=O) groups is 2. The van der Waals surface area contributed by atoms with E-state index < -0.39 is 17.4 Å². The third kappa shape index (κ3) is 3.29. The molecule has 4 heteroatoms. The lowest BCUT2D eigenvalue weighted by Gasteiger charge is -2.37. The first kappa shape index (κ1) is 18.7. The quantitative estimate of drug-likeness (QED) is 0.859. The molecule has 2 aliphatic rings. The van der Waals surface area contributed by atoms with Crippen molar-refractivity contribution in [1.82, 2.24) is 4.90 Å². The van der Waals surface area contributed by atoms with Gasteiger partial charge < -0.3 is 10.0 Å². The van der Waals surface area contributed by atoms with Crippen molar-refractivity contribution in [2.24, 2.45) is 5.41 Å². The van der Waals surface area contributed by atoms with Gasteiger partial charge in [-0.2, -0.15) is 0 Å². The van der Waals surface area contributed by atoms with Crippen molar-refractivity contribution in [1.29, 1.82) is 0 Å². The minimum atomic E-state index is -0.658. The third-order valence-corrected chi connectivity index (χ3v) is 5.50. The summed E-state index contributed by atoms with van der Waals surface area (Å²) in [5, 5.41) is 10.7. The van der Waals surface area contributed by atoms with Gasteiger partial charge in [-0.25, -0.2) is 0 Å². The Morgan fingerprint density at radius 3 is 2.38 bits per heavy atom. The van der Waals surface area contributed by atoms with Crippen LogP contribution in [0.2, 0.25) is 0 Å². The molecule has 0 saturated heterocycles. The van der Waals surface area contributed by atoms with E-state index in [1.807, 2.05) is 52.0 Å². The number of carbonyl (C=O) groups excluding carboxylic acids is 2. The summed E-state index contributed by atoms with van der Waals surface area (Å²) in [5.74, 6) is -0.911. The minimum absolute atomic E-state index is 0.0779. The summed E-state index contributed by atoms with van der Waals surface area (Å²) < 4.78 is 0. The summed E-state index contributed by atoms with van der Waals surface area (Å²) in [6, 6.07) is 7.51. The van der Waals surface area contributed by atoms with E-state index in [9.17, 15) is 14.7 Å². The molecule has 1 aliphatic heterocycles. The molecule has 1 N–H and O–H groups in total. The molecule has 1 aromatic carbocycles. The molecule has 26 heavy (non-hydrogen) atoms. The van der Waals surface area contributed by atoms with Gasteiger partial charge in [0.1, 0.15) is 0 Å². The molecule has 1 saturated carbocycles. The van der Waals surface area contributed by atoms with E-state index in [-0.39, 0.29) is 23.2 Å². The molecule has 4 nitrogen and oxygen atoms in total. The van der Waals surface area contributed by atoms with Crippen molar-refractivity contribution >= 4 is 11.7 Å². The molecule has 1 fully saturated rings. The van der Waals surface area contributed by atoms with Gasteiger partial charge in [-0.1, -0.05) is 69.9 Å². The smallest absolute Gasteiger partial charge is 0.290 e. The van der Waals surface area contributed by atoms with Gasteiger partial charge in [-0.05, 0) is 25.3 Å². The molecule has 1 amide bonds. The van der Waals surface area contributed by atoms with Gasteiger partial charge in [0.15, 0.2) is 11.5 Å². The van der Waals surface area contributed by atoms with Gasteiger partial charge in [0.05, 0.1) is 11.6 Å². The molecule has 1 unspecified atom stereocenters. The molecular weight excluding hydrogens is 326 g/mol. The standard InChI is InChI=1S/C22H29NO3/c1-14-9-8-10-15(13-14)18-17(20(25)22(2,3)4)19(24)21(26)23(18)16-11-6-5-7-12-16/h8-10,13,16,18,24H,5-7,11-12H2,1-4H3. The maximum Gasteiger partial charge on any atom is 0.290 e. The molecule has 0 radical (unpaired) electrons. The molecular formula is C22H29NO3. The van der Waals surface area contributed by atoms with Crippen LogP contribution in [0.15, 0.2) is 35.6 Å². The second-order valence-electron chi connectivity index (χ2n) is 8.66. The molecule has 1 heterocycles. The van der Waals surface area contributed by atoms with Crippen molar-refractivity contribution < 1.29 is 14.7 Å². The first-order valence-electron chi connectivity index (χ1n) is 9.59. The Morgan fingerprint density at radius 2 is 1.81 bits per heavy atom. The highest BCUT2D eigenvalue weighted by molar-refractivity contribution is 6.10. The first-order valence-corrected chi connectivity index (χ1v) is 9.59. The van der Waals surface area contributed by atoms with E-state index in [1.54, 1.807) is 4.90 Å². The number of hydrogen-bond acceptors (Lipinski definition) is 3. The Balaban J connectivity index is 2.11. The van der Waals surface area contributed by atoms with Crippen LogP contribution in [0.5, 0.6) is 0 Å². The largest absolute Gasteiger partial charge is 0.503 e. The fourth-order valence-corrected chi connectivity index (χ4v) is 4.16. The summed E-state index contributed by atoms with van der Waals surface area (Å²) in [5.41, 5.74) is 1.58. The lowest BCUT2D eigenvalue weighted by molar-refractivity contribution is -0.132. The minimum Gasteiger partial charge on any atom is -0.503 e. The molecule has 1 aliphatic carbocycles. The van der Waals surface area contributed by atoms with Gasteiger partial charge in [-0.15, -0.1) is 0 Å². The summed E-state index contributed by atoms with van der Waals surface area (Å²) in [4.78, 5) is 27.9. The third-order valence-electron chi connectivity index (χ3n) is 5.50. The second kappa shape index (κ2) is 6.90. The number of Topliss-reactive ketones (excluding diaryl/α,β-unsaturated/α-hetero) is 1. The van der Waals surface area contributed by atoms with Crippen LogP contribution in [0.3, 0.4) is 0 Å². The highest BCUT2D eigenvalue weighted by Gasteiger charge is 2.48. The van der Waals surface area contributed by atoms with Crippen molar-refractivity contribution in [3.63, 3.8) is 0 Å². The number of ketones is 1. The predicted octanol–water partition coefficient (Wildman–Crippen LogP) is 4.64. The zero-order valence-corrected chi connectivity index (χ0v) is 16.2. The normalized spacial score (nSPS) is 22.2. The van der Waals surface area contributed by atoms with Crippen LogP contribution < -0.4 is 0 Å². The highest BCUT2D eigenvalue weighted by Crippen LogP contribution is 2.44. The van der Waals surface area contributed by atoms with E-state index in [1.165, 1.54) is 6.42 Å². The van der Waals surface area contributed by atoms with E-state index in [4.69, 9.17) is 0 Å². The maximum absolute atomic E-state index is 13.1. The number of aryl methyl sites for hydroxylation is 1. The maximum atomic E-state index is 13.1. The summed E-state index contributed by atoms with van der Waals surface area (Å²) in [7, 11) is 0. The molecule has 0 spiro atoms. The number of aliphatic hydroxyl groups is 1. The van der Waals surface area contributed by atoms with E-state index in [0.29, 0.717) is 0 Å². The van der Waals surface area contributed by atoms with Gasteiger partial charge in [-0.3, -0.25) is 9.59 Å². The number of rotatable bonds is 3. The Labute approximate surface area is 155 Å². The molecule has 1 atom stereocenters. The SMILES string of the molecule is Cc1cccc(C2C(C(=O)C(C)(C)C)=C(O)C(=O)N2C2CCCCC2)c1.